The number of benzene rings is 1. The first-order valence-corrected chi connectivity index (χ1v) is 15.6. The van der Waals surface area contributed by atoms with E-state index in [9.17, 15) is 14.7 Å². The highest BCUT2D eigenvalue weighted by Crippen LogP contribution is 2.43. The average molecular weight is 540 g/mol. The highest BCUT2D eigenvalue weighted by Gasteiger charge is 2.56. The van der Waals surface area contributed by atoms with E-state index < -0.39 is 11.2 Å². The van der Waals surface area contributed by atoms with Crippen LogP contribution < -0.4 is 0 Å². The summed E-state index contributed by atoms with van der Waals surface area (Å²) in [4.78, 5) is 33.0. The van der Waals surface area contributed by atoms with Crippen molar-refractivity contribution in [2.24, 2.45) is 0 Å². The minimum Gasteiger partial charge on any atom is -0.440 e. The number of nitrogens with zero attached hydrogens (tertiary/aromatic N) is 3. The molecule has 1 aliphatic carbocycles. The number of unbranched alkanes of at least 4 members (excludes halogenated alkanes) is 1. The Hall–Kier alpha value is -2.12. The quantitative estimate of drug-likeness (QED) is 0.499. The van der Waals surface area contributed by atoms with Crippen LogP contribution in [0.1, 0.15) is 105 Å². The standard InChI is InChI=1S/C32H49N3O4/c1-4-5-12-27-32(39-30(37)35(27)23-31(38)15-7-6-8-16-31)17-21-33(22-18-32)26-13-19-34(20-14-26)29(36)28-24(2)10-9-11-25(28)3/h9-11,26-27,38H,4-8,12-23H2,1-3H3. The molecule has 3 saturated heterocycles. The fourth-order valence-electron chi connectivity index (χ4n) is 7.83. The fraction of sp³-hybridized carbons (Fsp3) is 0.750. The van der Waals surface area contributed by atoms with Crippen LogP contribution in [0.2, 0.25) is 0 Å². The van der Waals surface area contributed by atoms with E-state index in [0.29, 0.717) is 12.6 Å². The van der Waals surface area contributed by atoms with Gasteiger partial charge < -0.3 is 14.7 Å². The van der Waals surface area contributed by atoms with Gasteiger partial charge in [0.15, 0.2) is 0 Å². The number of carbonyl (C=O) groups excluding carboxylic acids is 2. The van der Waals surface area contributed by atoms with Crippen molar-refractivity contribution >= 4 is 12.0 Å². The first kappa shape index (κ1) is 28.4. The molecule has 1 aromatic rings. The van der Waals surface area contributed by atoms with Gasteiger partial charge in [-0.15, -0.1) is 0 Å². The van der Waals surface area contributed by atoms with Crippen molar-refractivity contribution < 1.29 is 19.4 Å². The minimum atomic E-state index is -0.768. The molecule has 0 bridgehead atoms. The Labute approximate surface area is 234 Å². The van der Waals surface area contributed by atoms with E-state index in [4.69, 9.17) is 4.74 Å². The van der Waals surface area contributed by atoms with Crippen molar-refractivity contribution in [3.05, 3.63) is 34.9 Å². The number of carbonyl (C=O) groups is 2. The number of hydrogen-bond acceptors (Lipinski definition) is 5. The van der Waals surface area contributed by atoms with Gasteiger partial charge in [-0.3, -0.25) is 14.6 Å². The molecule has 1 spiro atoms. The van der Waals surface area contributed by atoms with Gasteiger partial charge in [-0.25, -0.2) is 4.79 Å². The van der Waals surface area contributed by atoms with Crippen LogP contribution in [0.15, 0.2) is 18.2 Å². The summed E-state index contributed by atoms with van der Waals surface area (Å²) in [6, 6.07) is 6.58. The fourth-order valence-corrected chi connectivity index (χ4v) is 7.83. The van der Waals surface area contributed by atoms with Crippen LogP contribution in [-0.2, 0) is 4.74 Å². The Morgan fingerprint density at radius 3 is 2.26 bits per heavy atom. The van der Waals surface area contributed by atoms with E-state index in [1.54, 1.807) is 0 Å². The van der Waals surface area contributed by atoms with Crippen LogP contribution in [0.4, 0.5) is 4.79 Å². The third-order valence-corrected chi connectivity index (χ3v) is 10.2. The highest BCUT2D eigenvalue weighted by atomic mass is 16.6. The molecular formula is C32H49N3O4. The van der Waals surface area contributed by atoms with Crippen LogP contribution in [0.5, 0.6) is 0 Å². The van der Waals surface area contributed by atoms with E-state index in [0.717, 1.165) is 113 Å². The maximum absolute atomic E-state index is 13.3. The summed E-state index contributed by atoms with van der Waals surface area (Å²) in [6.07, 6.45) is 11.4. The minimum absolute atomic E-state index is 0.0508. The molecule has 4 aliphatic rings. The molecular weight excluding hydrogens is 490 g/mol. The summed E-state index contributed by atoms with van der Waals surface area (Å²) in [5, 5.41) is 11.3. The molecule has 7 heteroatoms. The van der Waals surface area contributed by atoms with Gasteiger partial charge in [-0.1, -0.05) is 57.2 Å². The third kappa shape index (κ3) is 5.85. The largest absolute Gasteiger partial charge is 0.440 e. The van der Waals surface area contributed by atoms with Crippen LogP contribution >= 0.6 is 0 Å². The van der Waals surface area contributed by atoms with Crippen molar-refractivity contribution in [3.8, 4) is 0 Å². The average Bonchev–Trinajstić information content (AvgIpc) is 3.17. The Morgan fingerprint density at radius 2 is 1.64 bits per heavy atom. The monoisotopic (exact) mass is 539 g/mol. The Kier molecular flexibility index (Phi) is 8.58. The zero-order valence-corrected chi connectivity index (χ0v) is 24.4. The van der Waals surface area contributed by atoms with Crippen molar-refractivity contribution in [2.45, 2.75) is 121 Å². The Morgan fingerprint density at radius 1 is 1.00 bits per heavy atom. The second kappa shape index (κ2) is 11.8. The van der Waals surface area contributed by atoms with Gasteiger partial charge in [0.25, 0.3) is 5.91 Å². The smallest absolute Gasteiger partial charge is 0.410 e. The van der Waals surface area contributed by atoms with Crippen LogP contribution in [0.25, 0.3) is 0 Å². The van der Waals surface area contributed by atoms with E-state index in [2.05, 4.69) is 11.8 Å². The number of β-amino-alcohol motifs (C(OH)–C–C–N with tert-alkyl or cyclic N) is 1. The Balaban J connectivity index is 1.19. The molecule has 4 fully saturated rings. The summed E-state index contributed by atoms with van der Waals surface area (Å²) >= 11 is 0. The topological polar surface area (TPSA) is 73.3 Å². The van der Waals surface area contributed by atoms with Gasteiger partial charge in [0.1, 0.15) is 5.60 Å². The first-order chi connectivity index (χ1) is 18.8. The molecule has 1 N–H and O–H groups in total. The van der Waals surface area contributed by atoms with Gasteiger partial charge in [0.05, 0.1) is 18.2 Å². The summed E-state index contributed by atoms with van der Waals surface area (Å²) in [6.45, 7) is 10.1. The molecule has 3 heterocycles. The van der Waals surface area contributed by atoms with Gasteiger partial charge in [0, 0.05) is 50.6 Å². The van der Waals surface area contributed by atoms with Gasteiger partial charge in [-0.05, 0) is 57.1 Å². The molecule has 0 radical (unpaired) electrons. The lowest BCUT2D eigenvalue weighted by atomic mass is 9.79. The lowest BCUT2D eigenvalue weighted by Crippen LogP contribution is -2.57. The molecule has 7 nitrogen and oxygen atoms in total. The highest BCUT2D eigenvalue weighted by molar-refractivity contribution is 5.97. The van der Waals surface area contributed by atoms with E-state index in [1.165, 1.54) is 6.42 Å². The molecule has 5 rings (SSSR count). The molecule has 1 unspecified atom stereocenters. The second-order valence-corrected chi connectivity index (χ2v) is 12.8. The summed E-state index contributed by atoms with van der Waals surface area (Å²) in [5.41, 5.74) is 1.76. The molecule has 0 aromatic heterocycles. The molecule has 1 atom stereocenters. The molecule has 1 aromatic carbocycles. The number of aliphatic hydroxyl groups is 1. The SMILES string of the molecule is CCCCC1N(CC2(O)CCCCC2)C(=O)OC12CCN(C1CCN(C(=O)c3c(C)cccc3C)CC1)CC2. The second-order valence-electron chi connectivity index (χ2n) is 12.8. The summed E-state index contributed by atoms with van der Waals surface area (Å²) < 4.78 is 6.25. The van der Waals surface area contributed by atoms with E-state index in [1.807, 2.05) is 41.8 Å². The van der Waals surface area contributed by atoms with Crippen LogP contribution in [0.3, 0.4) is 0 Å². The normalized spacial score (nSPS) is 25.7. The molecule has 1 saturated carbocycles. The maximum Gasteiger partial charge on any atom is 0.410 e. The van der Waals surface area contributed by atoms with Gasteiger partial charge in [0.2, 0.25) is 0 Å². The molecule has 3 aliphatic heterocycles. The van der Waals surface area contributed by atoms with Crippen LogP contribution in [0, 0.1) is 13.8 Å². The zero-order chi connectivity index (χ0) is 27.6. The summed E-state index contributed by atoms with van der Waals surface area (Å²) in [5.74, 6) is 0.165. The number of rotatable bonds is 7. The number of piperidine rings is 2. The maximum atomic E-state index is 13.3. The number of hydrogen-bond donors (Lipinski definition) is 1. The van der Waals surface area contributed by atoms with E-state index >= 15 is 0 Å². The van der Waals surface area contributed by atoms with Crippen molar-refractivity contribution in [3.63, 3.8) is 0 Å². The number of likely N-dealkylation sites (tertiary alicyclic amines) is 2. The predicted molar refractivity (Wildman–Crippen MR) is 153 cm³/mol. The molecule has 39 heavy (non-hydrogen) atoms. The van der Waals surface area contributed by atoms with Gasteiger partial charge in [-0.2, -0.15) is 0 Å². The molecule has 2 amide bonds. The zero-order valence-electron chi connectivity index (χ0n) is 24.4. The van der Waals surface area contributed by atoms with Crippen molar-refractivity contribution in [1.29, 1.82) is 0 Å². The number of aryl methyl sites for hydroxylation is 2. The van der Waals surface area contributed by atoms with Crippen LogP contribution in [-0.4, -0.2) is 87.8 Å². The van der Waals surface area contributed by atoms with E-state index in [-0.39, 0.29) is 18.0 Å². The predicted octanol–water partition coefficient (Wildman–Crippen LogP) is 5.45. The van der Waals surface area contributed by atoms with Crippen molar-refractivity contribution in [1.82, 2.24) is 14.7 Å². The summed E-state index contributed by atoms with van der Waals surface area (Å²) in [7, 11) is 0. The van der Waals surface area contributed by atoms with Gasteiger partial charge >= 0.3 is 6.09 Å². The number of amides is 2. The lowest BCUT2D eigenvalue weighted by Gasteiger charge is -2.46. The third-order valence-electron chi connectivity index (χ3n) is 10.2. The molecule has 216 valence electrons. The van der Waals surface area contributed by atoms with Crippen molar-refractivity contribution in [2.75, 3.05) is 32.7 Å². The Bertz CT molecular complexity index is 1000. The lowest BCUT2D eigenvalue weighted by molar-refractivity contribution is -0.0467. The number of ether oxygens (including phenoxy) is 1. The first-order valence-electron chi connectivity index (χ1n) is 15.6.